The maximum absolute atomic E-state index is 6.13. The largest absolute Gasteiger partial charge is 0.378 e. The van der Waals surface area contributed by atoms with Crippen molar-refractivity contribution in [2.75, 3.05) is 5.32 Å². The van der Waals surface area contributed by atoms with Crippen LogP contribution in [-0.2, 0) is 6.54 Å². The molecule has 1 N–H and O–H groups in total. The lowest BCUT2D eigenvalue weighted by atomic mass is 10.2. The summed E-state index contributed by atoms with van der Waals surface area (Å²) >= 11 is 13.8. The van der Waals surface area contributed by atoms with Gasteiger partial charge in [0.2, 0.25) is 0 Å². The van der Waals surface area contributed by atoms with Crippen molar-refractivity contribution in [3.05, 3.63) is 43.8 Å². The molecule has 0 atom stereocenters. The summed E-state index contributed by atoms with van der Waals surface area (Å²) in [5, 5.41) is 7.73. The van der Waals surface area contributed by atoms with Crippen molar-refractivity contribution in [1.29, 1.82) is 0 Å². The molecule has 17 heavy (non-hydrogen) atoms. The molecule has 0 radical (unpaired) electrons. The van der Waals surface area contributed by atoms with E-state index in [2.05, 4.69) is 10.3 Å². The highest BCUT2D eigenvalue weighted by Gasteiger charge is 2.05. The molecule has 0 bridgehead atoms. The molecule has 0 aliphatic rings. The average Bonchev–Trinajstić information content (AvgIpc) is 2.68. The molecule has 0 unspecified atom stereocenters. The highest BCUT2D eigenvalue weighted by atomic mass is 35.5. The van der Waals surface area contributed by atoms with E-state index in [-0.39, 0.29) is 0 Å². The van der Waals surface area contributed by atoms with Crippen LogP contribution in [-0.4, -0.2) is 4.98 Å². The SMILES string of the molecule is Cc1nc(CNc2cc(Cl)c(C)cc2Cl)cs1. The second kappa shape index (κ2) is 5.25. The standard InChI is InChI=1S/C12H12Cl2N2S/c1-7-3-11(14)12(4-10(7)13)15-5-9-6-17-8(2)16-9/h3-4,6,15H,5H2,1-2H3. The first-order valence-electron chi connectivity index (χ1n) is 5.17. The minimum Gasteiger partial charge on any atom is -0.378 e. The number of nitrogens with zero attached hydrogens (tertiary/aromatic N) is 1. The Balaban J connectivity index is 2.11. The van der Waals surface area contributed by atoms with Gasteiger partial charge in [0.25, 0.3) is 0 Å². The Hall–Kier alpha value is -0.770. The lowest BCUT2D eigenvalue weighted by Gasteiger charge is -2.09. The number of hydrogen-bond donors (Lipinski definition) is 1. The Morgan fingerprint density at radius 3 is 2.65 bits per heavy atom. The van der Waals surface area contributed by atoms with E-state index in [1.54, 1.807) is 11.3 Å². The number of aromatic nitrogens is 1. The zero-order valence-electron chi connectivity index (χ0n) is 9.55. The van der Waals surface area contributed by atoms with Crippen molar-refractivity contribution in [1.82, 2.24) is 4.98 Å². The van der Waals surface area contributed by atoms with Crippen LogP contribution in [0.1, 0.15) is 16.3 Å². The molecule has 2 nitrogen and oxygen atoms in total. The number of anilines is 1. The van der Waals surface area contributed by atoms with Gasteiger partial charge >= 0.3 is 0 Å². The number of benzene rings is 1. The first kappa shape index (κ1) is 12.7. The first-order valence-corrected chi connectivity index (χ1v) is 6.80. The Kier molecular flexibility index (Phi) is 3.92. The zero-order valence-corrected chi connectivity index (χ0v) is 11.9. The second-order valence-corrected chi connectivity index (χ2v) is 5.67. The maximum Gasteiger partial charge on any atom is 0.0898 e. The third kappa shape index (κ3) is 3.12. The topological polar surface area (TPSA) is 24.9 Å². The quantitative estimate of drug-likeness (QED) is 0.886. The van der Waals surface area contributed by atoms with Gasteiger partial charge < -0.3 is 5.32 Å². The van der Waals surface area contributed by atoms with Crippen LogP contribution in [0, 0.1) is 13.8 Å². The van der Waals surface area contributed by atoms with Crippen LogP contribution < -0.4 is 5.32 Å². The predicted octanol–water partition coefficient (Wildman–Crippen LogP) is 4.68. The average molecular weight is 287 g/mol. The molecule has 2 rings (SSSR count). The molecule has 0 fully saturated rings. The highest BCUT2D eigenvalue weighted by molar-refractivity contribution is 7.09. The molecule has 5 heteroatoms. The van der Waals surface area contributed by atoms with E-state index >= 15 is 0 Å². The van der Waals surface area contributed by atoms with Crippen molar-refractivity contribution in [2.45, 2.75) is 20.4 Å². The summed E-state index contributed by atoms with van der Waals surface area (Å²) in [7, 11) is 0. The van der Waals surface area contributed by atoms with Crippen LogP contribution in [0.2, 0.25) is 10.0 Å². The second-order valence-electron chi connectivity index (χ2n) is 3.79. The van der Waals surface area contributed by atoms with Crippen molar-refractivity contribution in [2.24, 2.45) is 0 Å². The van der Waals surface area contributed by atoms with E-state index in [0.717, 1.165) is 22.0 Å². The zero-order chi connectivity index (χ0) is 12.4. The Labute approximate surface area is 115 Å². The molecule has 1 aromatic carbocycles. The first-order chi connectivity index (χ1) is 8.06. The van der Waals surface area contributed by atoms with Crippen molar-refractivity contribution >= 4 is 40.2 Å². The molecule has 1 aromatic heterocycles. The van der Waals surface area contributed by atoms with Gasteiger partial charge in [0.15, 0.2) is 0 Å². The molecule has 0 amide bonds. The van der Waals surface area contributed by atoms with Crippen LogP contribution in [0.4, 0.5) is 5.69 Å². The summed E-state index contributed by atoms with van der Waals surface area (Å²) in [5.74, 6) is 0. The minimum absolute atomic E-state index is 0.656. The van der Waals surface area contributed by atoms with Gasteiger partial charge in [-0.2, -0.15) is 0 Å². The molecule has 0 aliphatic heterocycles. The Morgan fingerprint density at radius 2 is 2.00 bits per heavy atom. The lowest BCUT2D eigenvalue weighted by Crippen LogP contribution is -2.00. The molecule has 0 saturated heterocycles. The monoisotopic (exact) mass is 286 g/mol. The molecule has 0 aliphatic carbocycles. The van der Waals surface area contributed by atoms with Crippen LogP contribution in [0.25, 0.3) is 0 Å². The van der Waals surface area contributed by atoms with E-state index in [1.165, 1.54) is 0 Å². The maximum atomic E-state index is 6.13. The van der Waals surface area contributed by atoms with E-state index in [1.807, 2.05) is 31.4 Å². The molecule has 1 heterocycles. The number of aryl methyl sites for hydroxylation is 2. The summed E-state index contributed by atoms with van der Waals surface area (Å²) in [4.78, 5) is 4.38. The third-order valence-electron chi connectivity index (χ3n) is 2.37. The minimum atomic E-state index is 0.656. The summed E-state index contributed by atoms with van der Waals surface area (Å²) in [5.41, 5.74) is 2.83. The van der Waals surface area contributed by atoms with E-state index < -0.39 is 0 Å². The van der Waals surface area contributed by atoms with Crippen LogP contribution >= 0.6 is 34.5 Å². The van der Waals surface area contributed by atoms with Gasteiger partial charge in [0.05, 0.1) is 28.0 Å². The number of thiazole rings is 1. The van der Waals surface area contributed by atoms with Crippen molar-refractivity contribution in [3.63, 3.8) is 0 Å². The number of halogens is 2. The smallest absolute Gasteiger partial charge is 0.0898 e. The van der Waals surface area contributed by atoms with Gasteiger partial charge in [-0.25, -0.2) is 4.98 Å². The summed E-state index contributed by atoms with van der Waals surface area (Å²) in [6.45, 7) is 4.58. The molecular weight excluding hydrogens is 275 g/mol. The molecule has 2 aromatic rings. The third-order valence-corrected chi connectivity index (χ3v) is 3.92. The summed E-state index contributed by atoms with van der Waals surface area (Å²) in [6, 6.07) is 3.71. The number of rotatable bonds is 3. The lowest BCUT2D eigenvalue weighted by molar-refractivity contribution is 1.05. The normalized spacial score (nSPS) is 10.6. The fraction of sp³-hybridized carbons (Fsp3) is 0.250. The van der Waals surface area contributed by atoms with Gasteiger partial charge in [-0.05, 0) is 31.5 Å². The van der Waals surface area contributed by atoms with Crippen LogP contribution in [0.3, 0.4) is 0 Å². The van der Waals surface area contributed by atoms with Gasteiger partial charge in [-0.1, -0.05) is 23.2 Å². The number of nitrogens with one attached hydrogen (secondary N) is 1. The van der Waals surface area contributed by atoms with E-state index in [4.69, 9.17) is 23.2 Å². The van der Waals surface area contributed by atoms with Crippen molar-refractivity contribution in [3.8, 4) is 0 Å². The van der Waals surface area contributed by atoms with Gasteiger partial charge in [-0.3, -0.25) is 0 Å². The van der Waals surface area contributed by atoms with Gasteiger partial charge in [0, 0.05) is 10.4 Å². The van der Waals surface area contributed by atoms with E-state index in [9.17, 15) is 0 Å². The molecule has 0 saturated carbocycles. The van der Waals surface area contributed by atoms with E-state index in [0.29, 0.717) is 16.6 Å². The van der Waals surface area contributed by atoms with Gasteiger partial charge in [-0.15, -0.1) is 11.3 Å². The molecular formula is C12H12Cl2N2S. The van der Waals surface area contributed by atoms with Crippen molar-refractivity contribution < 1.29 is 0 Å². The number of hydrogen-bond acceptors (Lipinski definition) is 3. The Morgan fingerprint density at radius 1 is 1.24 bits per heavy atom. The summed E-state index contributed by atoms with van der Waals surface area (Å²) in [6.07, 6.45) is 0. The fourth-order valence-electron chi connectivity index (χ4n) is 1.46. The highest BCUT2D eigenvalue weighted by Crippen LogP contribution is 2.29. The Bertz CT molecular complexity index is 537. The van der Waals surface area contributed by atoms with Crippen LogP contribution in [0.15, 0.2) is 17.5 Å². The molecule has 90 valence electrons. The predicted molar refractivity (Wildman–Crippen MR) is 75.4 cm³/mol. The van der Waals surface area contributed by atoms with Gasteiger partial charge in [0.1, 0.15) is 0 Å². The van der Waals surface area contributed by atoms with Crippen LogP contribution in [0.5, 0.6) is 0 Å². The molecule has 0 spiro atoms. The summed E-state index contributed by atoms with van der Waals surface area (Å²) < 4.78 is 0. The fourth-order valence-corrected chi connectivity index (χ4v) is 2.52.